The highest BCUT2D eigenvalue weighted by Gasteiger charge is 2.11. The smallest absolute Gasteiger partial charge is 0.296 e. The summed E-state index contributed by atoms with van der Waals surface area (Å²) in [6.07, 6.45) is 1.66. The van der Waals surface area contributed by atoms with E-state index in [0.717, 1.165) is 16.5 Å². The van der Waals surface area contributed by atoms with Gasteiger partial charge in [0.05, 0.1) is 19.7 Å². The van der Waals surface area contributed by atoms with Crippen LogP contribution in [0.3, 0.4) is 0 Å². The molecule has 0 saturated carbocycles. The van der Waals surface area contributed by atoms with Crippen molar-refractivity contribution in [2.75, 3.05) is 18.9 Å². The number of hydrogen-bond acceptors (Lipinski definition) is 6. The van der Waals surface area contributed by atoms with Gasteiger partial charge in [-0.05, 0) is 29.8 Å². The van der Waals surface area contributed by atoms with Gasteiger partial charge in [0, 0.05) is 23.3 Å². The van der Waals surface area contributed by atoms with Crippen LogP contribution in [0.25, 0.3) is 10.9 Å². The normalized spacial score (nSPS) is 11.2. The molecule has 1 heterocycles. The number of methoxy groups -OCH3 is 2. The molecule has 0 amide bonds. The van der Waals surface area contributed by atoms with E-state index in [0.29, 0.717) is 29.5 Å². The van der Waals surface area contributed by atoms with Gasteiger partial charge in [0.2, 0.25) is 0 Å². The van der Waals surface area contributed by atoms with Gasteiger partial charge < -0.3 is 14.2 Å². The number of nitrogens with one attached hydrogen (secondary N) is 1. The van der Waals surface area contributed by atoms with Crippen LogP contribution in [-0.2, 0) is 16.8 Å². The molecule has 0 fully saturated rings. The van der Waals surface area contributed by atoms with Gasteiger partial charge in [-0.15, -0.1) is 0 Å². The lowest BCUT2D eigenvalue weighted by atomic mass is 10.1. The molecule has 0 bridgehead atoms. The summed E-state index contributed by atoms with van der Waals surface area (Å²) < 4.78 is 40.8. The zero-order valence-corrected chi connectivity index (χ0v) is 15.6. The summed E-state index contributed by atoms with van der Waals surface area (Å²) in [6.45, 7) is 0.295. The number of nitrogens with two attached hydrogens (primary N) is 1. The maximum Gasteiger partial charge on any atom is 0.296 e. The van der Waals surface area contributed by atoms with E-state index in [1.165, 1.54) is 0 Å². The Kier molecular flexibility index (Phi) is 5.33. The average molecular weight is 389 g/mol. The van der Waals surface area contributed by atoms with Gasteiger partial charge in [0.1, 0.15) is 12.4 Å². The lowest BCUT2D eigenvalue weighted by Gasteiger charge is -2.12. The summed E-state index contributed by atoms with van der Waals surface area (Å²) in [5, 5.41) is 5.74. The van der Waals surface area contributed by atoms with Crippen LogP contribution in [-0.4, -0.2) is 27.6 Å². The molecule has 2 aromatic carbocycles. The van der Waals surface area contributed by atoms with E-state index in [2.05, 4.69) is 9.71 Å². The fourth-order valence-corrected chi connectivity index (χ4v) is 3.03. The van der Waals surface area contributed by atoms with Crippen LogP contribution in [0.2, 0.25) is 0 Å². The molecule has 3 N–H and O–H groups in total. The molecule has 0 saturated heterocycles. The van der Waals surface area contributed by atoms with Crippen molar-refractivity contribution < 1.29 is 22.6 Å². The fourth-order valence-electron chi connectivity index (χ4n) is 2.57. The molecule has 0 spiro atoms. The van der Waals surface area contributed by atoms with Gasteiger partial charge in [0.15, 0.2) is 11.5 Å². The second kappa shape index (κ2) is 7.68. The molecule has 1 aromatic heterocycles. The number of aromatic nitrogens is 1. The highest BCUT2D eigenvalue weighted by atomic mass is 32.2. The van der Waals surface area contributed by atoms with Crippen LogP contribution in [0.4, 0.5) is 5.69 Å². The first kappa shape index (κ1) is 18.7. The summed E-state index contributed by atoms with van der Waals surface area (Å²) in [4.78, 5) is 4.33. The third-order valence-corrected chi connectivity index (χ3v) is 4.34. The summed E-state index contributed by atoms with van der Waals surface area (Å²) in [5.41, 5.74) is 1.96. The Bertz CT molecular complexity index is 1050. The first-order valence-electron chi connectivity index (χ1n) is 7.92. The van der Waals surface area contributed by atoms with Gasteiger partial charge >= 0.3 is 0 Å². The highest BCUT2D eigenvalue weighted by molar-refractivity contribution is 7.90. The maximum atomic E-state index is 11.0. The van der Waals surface area contributed by atoms with Crippen LogP contribution < -0.4 is 24.1 Å². The molecule has 0 aliphatic carbocycles. The monoisotopic (exact) mass is 389 g/mol. The number of benzene rings is 2. The zero-order chi connectivity index (χ0) is 19.4. The molecule has 8 nitrogen and oxygen atoms in total. The van der Waals surface area contributed by atoms with Crippen molar-refractivity contribution in [3.63, 3.8) is 0 Å². The predicted octanol–water partition coefficient (Wildman–Crippen LogP) is 2.45. The van der Waals surface area contributed by atoms with Crippen molar-refractivity contribution in [3.05, 3.63) is 54.2 Å². The summed E-state index contributed by atoms with van der Waals surface area (Å²) in [5.74, 6) is 1.82. The van der Waals surface area contributed by atoms with Gasteiger partial charge in [0.25, 0.3) is 10.2 Å². The number of rotatable bonds is 7. The Hall–Kier alpha value is -3.04. The molecule has 3 rings (SSSR count). The molecule has 0 unspecified atom stereocenters. The Balaban J connectivity index is 1.80. The lowest BCUT2D eigenvalue weighted by Crippen LogP contribution is -2.21. The van der Waals surface area contributed by atoms with Crippen molar-refractivity contribution >= 4 is 26.8 Å². The Labute approximate surface area is 157 Å². The minimum Gasteiger partial charge on any atom is -0.493 e. The number of fused-ring (bicyclic) bond motifs is 1. The SMILES string of the molecule is COc1cc2nccc(OCc3ccc(NS(N)(=O)=O)cc3)c2cc1OC. The van der Waals surface area contributed by atoms with Crippen LogP contribution in [0.5, 0.6) is 17.2 Å². The maximum absolute atomic E-state index is 11.0. The van der Waals surface area contributed by atoms with E-state index in [9.17, 15) is 8.42 Å². The molecule has 3 aromatic rings. The van der Waals surface area contributed by atoms with E-state index in [1.807, 2.05) is 6.07 Å². The van der Waals surface area contributed by atoms with Gasteiger partial charge in [-0.25, -0.2) is 5.14 Å². The van der Waals surface area contributed by atoms with Gasteiger partial charge in [-0.3, -0.25) is 9.71 Å². The average Bonchev–Trinajstić information content (AvgIpc) is 2.65. The topological polar surface area (TPSA) is 113 Å². The van der Waals surface area contributed by atoms with Crippen LogP contribution in [0, 0.1) is 0 Å². The van der Waals surface area contributed by atoms with Crippen molar-refractivity contribution in [2.45, 2.75) is 6.61 Å². The molecular weight excluding hydrogens is 370 g/mol. The number of ether oxygens (including phenoxy) is 3. The van der Waals surface area contributed by atoms with E-state index >= 15 is 0 Å². The van der Waals surface area contributed by atoms with Crippen molar-refractivity contribution in [3.8, 4) is 17.2 Å². The lowest BCUT2D eigenvalue weighted by molar-refractivity contribution is 0.309. The molecule has 142 valence electrons. The second-order valence-electron chi connectivity index (χ2n) is 5.67. The molecule has 0 aliphatic rings. The third kappa shape index (κ3) is 4.57. The predicted molar refractivity (Wildman–Crippen MR) is 102 cm³/mol. The van der Waals surface area contributed by atoms with E-state index in [1.54, 1.807) is 56.8 Å². The van der Waals surface area contributed by atoms with Crippen molar-refractivity contribution in [2.24, 2.45) is 5.14 Å². The van der Waals surface area contributed by atoms with E-state index in [-0.39, 0.29) is 0 Å². The number of nitrogens with zero attached hydrogens (tertiary/aromatic N) is 1. The van der Waals surface area contributed by atoms with Crippen LogP contribution >= 0.6 is 0 Å². The summed E-state index contributed by atoms with van der Waals surface area (Å²) >= 11 is 0. The quantitative estimate of drug-likeness (QED) is 0.642. The van der Waals surface area contributed by atoms with Crippen LogP contribution in [0.15, 0.2) is 48.7 Å². The van der Waals surface area contributed by atoms with Crippen molar-refractivity contribution in [1.82, 2.24) is 4.98 Å². The van der Waals surface area contributed by atoms with E-state index in [4.69, 9.17) is 19.3 Å². The number of anilines is 1. The summed E-state index contributed by atoms with van der Waals surface area (Å²) in [6, 6.07) is 12.1. The molecule has 0 atom stereocenters. The minimum atomic E-state index is -3.79. The second-order valence-corrected chi connectivity index (χ2v) is 6.96. The Morgan fingerprint density at radius 2 is 1.67 bits per heavy atom. The molecule has 9 heteroatoms. The van der Waals surface area contributed by atoms with E-state index < -0.39 is 10.2 Å². The third-order valence-electron chi connectivity index (χ3n) is 3.82. The highest BCUT2D eigenvalue weighted by Crippen LogP contribution is 2.35. The van der Waals surface area contributed by atoms with Crippen LogP contribution in [0.1, 0.15) is 5.56 Å². The molecule has 0 radical (unpaired) electrons. The van der Waals surface area contributed by atoms with Gasteiger partial charge in [-0.1, -0.05) is 12.1 Å². The fraction of sp³-hybridized carbons (Fsp3) is 0.167. The number of pyridine rings is 1. The minimum absolute atomic E-state index is 0.295. The first-order valence-corrected chi connectivity index (χ1v) is 9.47. The largest absolute Gasteiger partial charge is 0.493 e. The Morgan fingerprint density at radius 1 is 1.00 bits per heavy atom. The number of hydrogen-bond donors (Lipinski definition) is 2. The zero-order valence-electron chi connectivity index (χ0n) is 14.8. The standard InChI is InChI=1S/C18H19N3O5S/c1-24-17-9-14-15(10-18(17)25-2)20-8-7-16(14)26-11-12-3-5-13(6-4-12)21-27(19,22)23/h3-10,21H,11H2,1-2H3,(H2,19,22,23). The van der Waals surface area contributed by atoms with Gasteiger partial charge in [-0.2, -0.15) is 8.42 Å². The molecular formula is C18H19N3O5S. The van der Waals surface area contributed by atoms with Crippen molar-refractivity contribution in [1.29, 1.82) is 0 Å². The first-order chi connectivity index (χ1) is 12.9. The molecule has 27 heavy (non-hydrogen) atoms. The molecule has 0 aliphatic heterocycles. The Morgan fingerprint density at radius 3 is 2.30 bits per heavy atom. The summed E-state index contributed by atoms with van der Waals surface area (Å²) in [7, 11) is -0.657.